The van der Waals surface area contributed by atoms with Gasteiger partial charge in [-0.3, -0.25) is 4.98 Å². The molecule has 0 radical (unpaired) electrons. The van der Waals surface area contributed by atoms with Crippen molar-refractivity contribution >= 4 is 33.5 Å². The molecular weight excluding hydrogens is 402 g/mol. The quantitative estimate of drug-likeness (QED) is 0.407. The van der Waals surface area contributed by atoms with E-state index in [1.165, 1.54) is 0 Å². The van der Waals surface area contributed by atoms with Crippen LogP contribution in [0.5, 0.6) is 11.5 Å². The molecule has 0 aliphatic carbocycles. The van der Waals surface area contributed by atoms with Crippen LogP contribution in [0, 0.1) is 0 Å². The van der Waals surface area contributed by atoms with Gasteiger partial charge in [0.25, 0.3) is 0 Å². The maximum absolute atomic E-state index is 13.2. The number of pyridine rings is 1. The van der Waals surface area contributed by atoms with E-state index in [1.807, 2.05) is 72.8 Å². The Morgan fingerprint density at radius 2 is 1.48 bits per heavy atom. The maximum Gasteiger partial charge on any atom is 0.118 e. The van der Waals surface area contributed by atoms with E-state index in [1.54, 1.807) is 32.2 Å². The minimum atomic E-state index is -1.31. The third-order valence-electron chi connectivity index (χ3n) is 4.45. The van der Waals surface area contributed by atoms with Crippen molar-refractivity contribution in [1.82, 2.24) is 4.98 Å². The lowest BCUT2D eigenvalue weighted by Crippen LogP contribution is -1.96. The molecule has 1 atom stereocenters. The summed E-state index contributed by atoms with van der Waals surface area (Å²) in [5.74, 6) is 1.56. The van der Waals surface area contributed by atoms with Gasteiger partial charge in [-0.15, -0.1) is 0 Å². The Kier molecular flexibility index (Phi) is 5.83. The largest absolute Gasteiger partial charge is 0.497 e. The smallest absolute Gasteiger partial charge is 0.118 e. The van der Waals surface area contributed by atoms with Gasteiger partial charge in [0.05, 0.1) is 35.4 Å². The van der Waals surface area contributed by atoms with Crippen molar-refractivity contribution in [2.75, 3.05) is 14.2 Å². The highest BCUT2D eigenvalue weighted by Crippen LogP contribution is 2.36. The van der Waals surface area contributed by atoms with E-state index in [-0.39, 0.29) is 0 Å². The summed E-state index contributed by atoms with van der Waals surface area (Å²) in [7, 11) is 1.96. The predicted octanol–water partition coefficient (Wildman–Crippen LogP) is 5.57. The van der Waals surface area contributed by atoms with E-state index in [9.17, 15) is 4.21 Å². The minimum Gasteiger partial charge on any atom is -0.497 e. The highest BCUT2D eigenvalue weighted by Gasteiger charge is 2.15. The Morgan fingerprint density at radius 1 is 0.828 bits per heavy atom. The third kappa shape index (κ3) is 4.13. The molecule has 3 aromatic carbocycles. The second-order valence-electron chi connectivity index (χ2n) is 6.18. The number of hydrogen-bond donors (Lipinski definition) is 0. The molecule has 6 heteroatoms. The van der Waals surface area contributed by atoms with E-state index >= 15 is 0 Å². The van der Waals surface area contributed by atoms with E-state index in [4.69, 9.17) is 9.47 Å². The first-order valence-electron chi connectivity index (χ1n) is 8.95. The van der Waals surface area contributed by atoms with Crippen LogP contribution >= 0.6 is 11.8 Å². The molecular formula is C23H19NO3S2. The highest BCUT2D eigenvalue weighted by atomic mass is 32.2. The molecule has 146 valence electrons. The summed E-state index contributed by atoms with van der Waals surface area (Å²) in [6.45, 7) is 0. The second kappa shape index (κ2) is 8.68. The molecule has 1 heterocycles. The average molecular weight is 422 g/mol. The molecule has 0 aliphatic heterocycles. The van der Waals surface area contributed by atoms with E-state index in [2.05, 4.69) is 4.98 Å². The zero-order chi connectivity index (χ0) is 20.2. The molecule has 0 fully saturated rings. The number of methoxy groups -OCH3 is 2. The SMILES string of the molecule is COc1ccc(Sc2ccc(S(=O)c3ccc(OC)cc3)c3cccnc23)cc1. The third-order valence-corrected chi connectivity index (χ3v) is 6.97. The monoisotopic (exact) mass is 421 g/mol. The van der Waals surface area contributed by atoms with Crippen LogP contribution in [-0.2, 0) is 10.8 Å². The number of hydrogen-bond acceptors (Lipinski definition) is 5. The predicted molar refractivity (Wildman–Crippen MR) is 117 cm³/mol. The molecule has 1 unspecified atom stereocenters. The molecule has 0 aliphatic rings. The van der Waals surface area contributed by atoms with Crippen molar-refractivity contribution < 1.29 is 13.7 Å². The summed E-state index contributed by atoms with van der Waals surface area (Å²) in [6.07, 6.45) is 1.76. The first kappa shape index (κ1) is 19.5. The van der Waals surface area contributed by atoms with Crippen LogP contribution in [0.1, 0.15) is 0 Å². The van der Waals surface area contributed by atoms with Gasteiger partial charge in [-0.05, 0) is 66.7 Å². The summed E-state index contributed by atoms with van der Waals surface area (Å²) in [5.41, 5.74) is 0.840. The first-order chi connectivity index (χ1) is 14.2. The van der Waals surface area contributed by atoms with E-state index in [0.29, 0.717) is 0 Å². The van der Waals surface area contributed by atoms with Crippen molar-refractivity contribution in [3.05, 3.63) is 79.0 Å². The lowest BCUT2D eigenvalue weighted by Gasteiger charge is -2.11. The van der Waals surface area contributed by atoms with Gasteiger partial charge in [0.1, 0.15) is 11.5 Å². The molecule has 0 N–H and O–H groups in total. The fourth-order valence-electron chi connectivity index (χ4n) is 2.96. The lowest BCUT2D eigenvalue weighted by molar-refractivity contribution is 0.414. The molecule has 0 amide bonds. The van der Waals surface area contributed by atoms with Crippen LogP contribution in [0.25, 0.3) is 10.9 Å². The number of ether oxygens (including phenoxy) is 2. The van der Waals surface area contributed by atoms with Crippen LogP contribution in [0.4, 0.5) is 0 Å². The van der Waals surface area contributed by atoms with E-state index < -0.39 is 10.8 Å². The second-order valence-corrected chi connectivity index (χ2v) is 8.75. The molecule has 4 rings (SSSR count). The summed E-state index contributed by atoms with van der Waals surface area (Å²) in [6, 6.07) is 23.0. The minimum absolute atomic E-state index is 0.728. The zero-order valence-electron chi connectivity index (χ0n) is 16.0. The topological polar surface area (TPSA) is 48.4 Å². The van der Waals surface area contributed by atoms with Crippen LogP contribution in [-0.4, -0.2) is 23.4 Å². The molecule has 29 heavy (non-hydrogen) atoms. The van der Waals surface area contributed by atoms with Crippen LogP contribution < -0.4 is 9.47 Å². The zero-order valence-corrected chi connectivity index (χ0v) is 17.6. The summed E-state index contributed by atoms with van der Waals surface area (Å²) >= 11 is 1.62. The van der Waals surface area contributed by atoms with Crippen LogP contribution in [0.3, 0.4) is 0 Å². The number of benzene rings is 3. The summed E-state index contributed by atoms with van der Waals surface area (Å²) < 4.78 is 23.6. The van der Waals surface area contributed by atoms with Crippen molar-refractivity contribution in [2.24, 2.45) is 0 Å². The standard InChI is InChI=1S/C23H19NO3S2/c1-26-16-5-9-18(10-6-16)28-21-13-14-22(20-4-3-15-24-23(20)21)29(25)19-11-7-17(27-2)8-12-19/h3-15H,1-2H3. The van der Waals surface area contributed by atoms with Gasteiger partial charge in [-0.2, -0.15) is 0 Å². The van der Waals surface area contributed by atoms with Crippen LogP contribution in [0.2, 0.25) is 0 Å². The molecule has 0 saturated heterocycles. The van der Waals surface area contributed by atoms with Crippen molar-refractivity contribution in [3.63, 3.8) is 0 Å². The van der Waals surface area contributed by atoms with Gasteiger partial charge in [0.2, 0.25) is 0 Å². The number of nitrogens with zero attached hydrogens (tertiary/aromatic N) is 1. The molecule has 4 aromatic rings. The normalized spacial score (nSPS) is 11.9. The fourth-order valence-corrected chi connectivity index (χ4v) is 5.08. The summed E-state index contributed by atoms with van der Waals surface area (Å²) in [4.78, 5) is 8.15. The Hall–Kier alpha value is -2.83. The Balaban J connectivity index is 1.71. The molecule has 0 spiro atoms. The number of aromatic nitrogens is 1. The molecule has 0 bridgehead atoms. The average Bonchev–Trinajstić information content (AvgIpc) is 2.79. The van der Waals surface area contributed by atoms with Crippen LogP contribution in [0.15, 0.2) is 98.6 Å². The molecule has 4 nitrogen and oxygen atoms in total. The van der Waals surface area contributed by atoms with E-state index in [0.717, 1.165) is 42.0 Å². The summed E-state index contributed by atoms with van der Waals surface area (Å²) in [5, 5.41) is 0.889. The number of rotatable bonds is 6. The van der Waals surface area contributed by atoms with Gasteiger partial charge in [-0.1, -0.05) is 17.8 Å². The van der Waals surface area contributed by atoms with Crippen molar-refractivity contribution in [3.8, 4) is 11.5 Å². The van der Waals surface area contributed by atoms with Gasteiger partial charge in [0, 0.05) is 26.3 Å². The van der Waals surface area contributed by atoms with Crippen molar-refractivity contribution in [2.45, 2.75) is 19.6 Å². The Labute approximate surface area is 176 Å². The highest BCUT2D eigenvalue weighted by molar-refractivity contribution is 7.99. The molecule has 0 saturated carbocycles. The van der Waals surface area contributed by atoms with Gasteiger partial charge in [-0.25, -0.2) is 4.21 Å². The van der Waals surface area contributed by atoms with Crippen molar-refractivity contribution in [1.29, 1.82) is 0 Å². The maximum atomic E-state index is 13.2. The Morgan fingerprint density at radius 3 is 2.14 bits per heavy atom. The number of fused-ring (bicyclic) bond motifs is 1. The molecule has 1 aromatic heterocycles. The first-order valence-corrected chi connectivity index (χ1v) is 10.9. The Bertz CT molecular complexity index is 1160. The van der Waals surface area contributed by atoms with Gasteiger partial charge in [0.15, 0.2) is 0 Å². The van der Waals surface area contributed by atoms with Gasteiger partial charge >= 0.3 is 0 Å². The fraction of sp³-hybridized carbons (Fsp3) is 0.0870. The van der Waals surface area contributed by atoms with Gasteiger partial charge < -0.3 is 9.47 Å². The lowest BCUT2D eigenvalue weighted by atomic mass is 10.2.